The van der Waals surface area contributed by atoms with E-state index in [0.29, 0.717) is 16.8 Å². The van der Waals surface area contributed by atoms with Gasteiger partial charge in [-0.05, 0) is 32.9 Å². The lowest BCUT2D eigenvalue weighted by molar-refractivity contribution is 0.615. The van der Waals surface area contributed by atoms with Crippen molar-refractivity contribution in [1.29, 1.82) is 0 Å². The number of hydrogen-bond donors (Lipinski definition) is 2. The summed E-state index contributed by atoms with van der Waals surface area (Å²) in [4.78, 5) is 0. The fourth-order valence-corrected chi connectivity index (χ4v) is 1.02. The molecular formula is C16H27FN2. The molecule has 0 heterocycles. The molecule has 0 aliphatic heterocycles. The number of rotatable bonds is 0. The smallest absolute Gasteiger partial charge is 0.143 e. The van der Waals surface area contributed by atoms with Crippen molar-refractivity contribution in [2.45, 2.75) is 54.0 Å². The molecule has 0 unspecified atom stereocenters. The molecule has 0 atom stereocenters. The SMILES string of the molecule is CC.CC.Cc1c(N)ccc(C#CC(C)(C)N)c1F. The Hall–Kier alpha value is -1.53. The van der Waals surface area contributed by atoms with Crippen LogP contribution in [-0.2, 0) is 0 Å². The summed E-state index contributed by atoms with van der Waals surface area (Å²) in [6.45, 7) is 13.2. The molecule has 0 fully saturated rings. The first-order valence-electron chi connectivity index (χ1n) is 6.68. The molecule has 1 rings (SSSR count). The van der Waals surface area contributed by atoms with Gasteiger partial charge in [-0.2, -0.15) is 0 Å². The highest BCUT2D eigenvalue weighted by Gasteiger charge is 2.08. The van der Waals surface area contributed by atoms with Crippen LogP contribution >= 0.6 is 0 Å². The van der Waals surface area contributed by atoms with Gasteiger partial charge in [-0.1, -0.05) is 39.5 Å². The van der Waals surface area contributed by atoms with Crippen LogP contribution in [0.4, 0.5) is 10.1 Å². The minimum absolute atomic E-state index is 0.334. The Morgan fingerprint density at radius 2 is 1.58 bits per heavy atom. The quantitative estimate of drug-likeness (QED) is 0.553. The van der Waals surface area contributed by atoms with Crippen LogP contribution in [0.1, 0.15) is 52.7 Å². The van der Waals surface area contributed by atoms with Crippen LogP contribution in [0.25, 0.3) is 0 Å². The maximum absolute atomic E-state index is 13.6. The molecule has 1 aromatic rings. The van der Waals surface area contributed by atoms with Crippen molar-refractivity contribution in [2.75, 3.05) is 5.73 Å². The summed E-state index contributed by atoms with van der Waals surface area (Å²) in [5.74, 6) is 5.12. The van der Waals surface area contributed by atoms with E-state index in [4.69, 9.17) is 11.5 Å². The van der Waals surface area contributed by atoms with E-state index in [9.17, 15) is 4.39 Å². The molecule has 0 spiro atoms. The van der Waals surface area contributed by atoms with Crippen molar-refractivity contribution in [3.05, 3.63) is 29.1 Å². The Bertz CT molecular complexity index is 435. The summed E-state index contributed by atoms with van der Waals surface area (Å²) < 4.78 is 13.6. The predicted octanol–water partition coefficient (Wildman–Crippen LogP) is 3.86. The highest BCUT2D eigenvalue weighted by Crippen LogP contribution is 2.17. The van der Waals surface area contributed by atoms with Crippen molar-refractivity contribution in [3.63, 3.8) is 0 Å². The Morgan fingerprint density at radius 3 is 2.00 bits per heavy atom. The van der Waals surface area contributed by atoms with E-state index in [1.54, 1.807) is 32.9 Å². The second kappa shape index (κ2) is 9.41. The summed E-state index contributed by atoms with van der Waals surface area (Å²) in [5, 5.41) is 0. The lowest BCUT2D eigenvalue weighted by Gasteiger charge is -2.08. The van der Waals surface area contributed by atoms with Crippen molar-refractivity contribution < 1.29 is 4.39 Å². The van der Waals surface area contributed by atoms with Crippen LogP contribution in [0.5, 0.6) is 0 Å². The van der Waals surface area contributed by atoms with Gasteiger partial charge >= 0.3 is 0 Å². The van der Waals surface area contributed by atoms with Gasteiger partial charge in [0.05, 0.1) is 11.1 Å². The highest BCUT2D eigenvalue weighted by atomic mass is 19.1. The third-order valence-corrected chi connectivity index (χ3v) is 1.95. The molecule has 0 saturated heterocycles. The van der Waals surface area contributed by atoms with E-state index in [-0.39, 0.29) is 5.82 Å². The van der Waals surface area contributed by atoms with Crippen molar-refractivity contribution >= 4 is 5.69 Å². The Balaban J connectivity index is 0. The molecule has 0 aliphatic rings. The first-order chi connectivity index (χ1) is 8.81. The van der Waals surface area contributed by atoms with Gasteiger partial charge in [-0.25, -0.2) is 4.39 Å². The molecule has 3 heteroatoms. The van der Waals surface area contributed by atoms with Crippen molar-refractivity contribution in [2.24, 2.45) is 5.73 Å². The van der Waals surface area contributed by atoms with Crippen molar-refractivity contribution in [3.8, 4) is 11.8 Å². The molecule has 2 nitrogen and oxygen atoms in total. The molecule has 0 bridgehead atoms. The summed E-state index contributed by atoms with van der Waals surface area (Å²) in [6.07, 6.45) is 0. The summed E-state index contributed by atoms with van der Waals surface area (Å²) in [7, 11) is 0. The van der Waals surface area contributed by atoms with Gasteiger partial charge in [0.15, 0.2) is 0 Å². The second-order valence-corrected chi connectivity index (χ2v) is 4.11. The fourth-order valence-electron chi connectivity index (χ4n) is 1.02. The largest absolute Gasteiger partial charge is 0.398 e. The zero-order chi connectivity index (χ0) is 15.6. The standard InChI is InChI=1S/C12H15FN2.2C2H6/c1-8-10(14)5-4-9(11(8)13)6-7-12(2,3)15;2*1-2/h4-5H,14-15H2,1-3H3;2*1-2H3. The fraction of sp³-hybridized carbons (Fsp3) is 0.500. The van der Waals surface area contributed by atoms with Gasteiger partial charge in [0.1, 0.15) is 5.82 Å². The maximum atomic E-state index is 13.6. The van der Waals surface area contributed by atoms with Gasteiger partial charge in [0.25, 0.3) is 0 Å². The molecule has 19 heavy (non-hydrogen) atoms. The number of halogens is 1. The number of hydrogen-bond acceptors (Lipinski definition) is 2. The zero-order valence-corrected chi connectivity index (χ0v) is 13.2. The second-order valence-electron chi connectivity index (χ2n) is 4.11. The molecule has 0 aliphatic carbocycles. The van der Waals surface area contributed by atoms with E-state index in [1.807, 2.05) is 27.7 Å². The third kappa shape index (κ3) is 7.48. The van der Waals surface area contributed by atoms with Crippen LogP contribution in [0, 0.1) is 24.6 Å². The van der Waals surface area contributed by atoms with Crippen LogP contribution in [0.3, 0.4) is 0 Å². The number of anilines is 1. The minimum Gasteiger partial charge on any atom is -0.398 e. The molecule has 0 aromatic heterocycles. The van der Waals surface area contributed by atoms with Gasteiger partial charge in [-0.3, -0.25) is 0 Å². The zero-order valence-electron chi connectivity index (χ0n) is 13.2. The summed E-state index contributed by atoms with van der Waals surface area (Å²) in [6, 6.07) is 3.21. The third-order valence-electron chi connectivity index (χ3n) is 1.95. The number of benzene rings is 1. The first-order valence-corrected chi connectivity index (χ1v) is 6.68. The van der Waals surface area contributed by atoms with Gasteiger partial charge < -0.3 is 11.5 Å². The average Bonchev–Trinajstić information content (AvgIpc) is 2.39. The first kappa shape index (κ1) is 19.8. The van der Waals surface area contributed by atoms with Crippen molar-refractivity contribution in [1.82, 2.24) is 0 Å². The van der Waals surface area contributed by atoms with Gasteiger partial charge in [-0.15, -0.1) is 0 Å². The van der Waals surface area contributed by atoms with Gasteiger partial charge in [0, 0.05) is 11.3 Å². The number of nitrogen functional groups attached to an aromatic ring is 1. The van der Waals surface area contributed by atoms with Crippen LogP contribution in [0.2, 0.25) is 0 Å². The molecular weight excluding hydrogens is 239 g/mol. The minimum atomic E-state index is -0.623. The predicted molar refractivity (Wildman–Crippen MR) is 83.4 cm³/mol. The topological polar surface area (TPSA) is 52.0 Å². The van der Waals surface area contributed by atoms with Gasteiger partial charge in [0.2, 0.25) is 0 Å². The Labute approximate surface area is 117 Å². The molecule has 108 valence electrons. The lowest BCUT2D eigenvalue weighted by atomic mass is 10.1. The monoisotopic (exact) mass is 266 g/mol. The highest BCUT2D eigenvalue weighted by molar-refractivity contribution is 5.52. The molecule has 0 amide bonds. The van der Waals surface area contributed by atoms with E-state index >= 15 is 0 Å². The molecule has 4 N–H and O–H groups in total. The van der Waals surface area contributed by atoms with E-state index < -0.39 is 5.54 Å². The normalized spacial score (nSPS) is 9.11. The van der Waals surface area contributed by atoms with E-state index in [1.165, 1.54) is 0 Å². The molecule has 0 radical (unpaired) electrons. The van der Waals surface area contributed by atoms with Crippen LogP contribution in [-0.4, -0.2) is 5.54 Å². The van der Waals surface area contributed by atoms with Crippen LogP contribution < -0.4 is 11.5 Å². The molecule has 0 saturated carbocycles. The lowest BCUT2D eigenvalue weighted by Crippen LogP contribution is -2.29. The molecule has 1 aromatic carbocycles. The van der Waals surface area contributed by atoms with E-state index in [0.717, 1.165) is 0 Å². The Morgan fingerprint density at radius 1 is 1.11 bits per heavy atom. The Kier molecular flexibility index (Phi) is 9.80. The number of nitrogens with two attached hydrogens (primary N) is 2. The summed E-state index contributed by atoms with van der Waals surface area (Å²) >= 11 is 0. The van der Waals surface area contributed by atoms with E-state index in [2.05, 4.69) is 11.8 Å². The van der Waals surface area contributed by atoms with Crippen LogP contribution in [0.15, 0.2) is 12.1 Å². The summed E-state index contributed by atoms with van der Waals surface area (Å²) in [5.41, 5.74) is 11.8. The average molecular weight is 266 g/mol. The maximum Gasteiger partial charge on any atom is 0.143 e.